The van der Waals surface area contributed by atoms with Crippen molar-refractivity contribution in [1.29, 1.82) is 15.8 Å². The van der Waals surface area contributed by atoms with Gasteiger partial charge in [0.25, 0.3) is 5.92 Å². The average Bonchev–Trinajstić information content (AvgIpc) is 2.62. The minimum atomic E-state index is -4.16. The summed E-state index contributed by atoms with van der Waals surface area (Å²) < 4.78 is 79.3. The molecule has 0 fully saturated rings. The summed E-state index contributed by atoms with van der Waals surface area (Å²) in [6.07, 6.45) is 0. The number of nitrogens with zero attached hydrogens (tertiary/aromatic N) is 3. The van der Waals surface area contributed by atoms with Crippen molar-refractivity contribution >= 4 is 7.85 Å². The van der Waals surface area contributed by atoms with Gasteiger partial charge in [-0.25, -0.2) is 22.0 Å². The van der Waals surface area contributed by atoms with Crippen LogP contribution in [-0.2, 0) is 0 Å². The largest absolute Gasteiger partial charge is 0.271 e. The molecule has 0 bridgehead atoms. The van der Waals surface area contributed by atoms with Crippen molar-refractivity contribution in [2.75, 3.05) is 0 Å². The summed E-state index contributed by atoms with van der Waals surface area (Å²) in [6, 6.07) is 4.37. The van der Waals surface area contributed by atoms with Crippen LogP contribution in [0.25, 0.3) is 0 Å². The third-order valence-electron chi connectivity index (χ3n) is 6.07. The number of halogens is 5. The number of nitriles is 3. The molecule has 0 saturated heterocycles. The van der Waals surface area contributed by atoms with Gasteiger partial charge in [-0.3, -0.25) is 0 Å². The Balaban J connectivity index is 7.48. The topological polar surface area (TPSA) is 71.4 Å². The first kappa shape index (κ1) is 26.9. The summed E-state index contributed by atoms with van der Waals surface area (Å²) in [5.74, 6) is -8.68. The van der Waals surface area contributed by atoms with Crippen LogP contribution in [0.4, 0.5) is 22.0 Å². The fourth-order valence-corrected chi connectivity index (χ4v) is 3.96. The first-order chi connectivity index (χ1) is 12.7. The van der Waals surface area contributed by atoms with E-state index in [1.807, 2.05) is 0 Å². The Morgan fingerprint density at radius 3 is 1.52 bits per heavy atom. The highest BCUT2D eigenvalue weighted by Crippen LogP contribution is 2.63. The molecule has 0 aromatic carbocycles. The molecule has 160 valence electrons. The molecule has 9 heteroatoms. The second-order valence-corrected chi connectivity index (χ2v) is 9.08. The van der Waals surface area contributed by atoms with Crippen molar-refractivity contribution in [3.8, 4) is 18.2 Å². The van der Waals surface area contributed by atoms with Gasteiger partial charge in [-0.05, 0) is 41.5 Å². The van der Waals surface area contributed by atoms with Crippen molar-refractivity contribution in [2.24, 2.45) is 16.7 Å². The Bertz CT molecular complexity index is 782. The summed E-state index contributed by atoms with van der Waals surface area (Å²) in [6.45, 7) is 8.79. The maximum Gasteiger partial charge on any atom is 0.271 e. The predicted octanol–water partition coefficient (Wildman–Crippen LogP) is 5.02. The van der Waals surface area contributed by atoms with Gasteiger partial charge in [-0.1, -0.05) is 13.5 Å². The second-order valence-electron chi connectivity index (χ2n) is 9.08. The summed E-state index contributed by atoms with van der Waals surface area (Å²) in [5, 5.41) is 27.8. The molecule has 3 nitrogen and oxygen atoms in total. The van der Waals surface area contributed by atoms with Gasteiger partial charge >= 0.3 is 0 Å². The third kappa shape index (κ3) is 3.63. The maximum absolute atomic E-state index is 16.8. The molecule has 0 aromatic heterocycles. The zero-order chi connectivity index (χ0) is 23.9. The number of hydrogen-bond acceptors (Lipinski definition) is 3. The highest BCUT2D eigenvalue weighted by atomic mass is 19.3. The van der Waals surface area contributed by atoms with Crippen LogP contribution in [0, 0.1) is 50.7 Å². The van der Waals surface area contributed by atoms with Crippen LogP contribution in [0.15, 0.2) is 12.2 Å². The van der Waals surface area contributed by atoms with Crippen molar-refractivity contribution in [3.63, 3.8) is 0 Å². The molecule has 4 unspecified atom stereocenters. The minimum Gasteiger partial charge on any atom is -0.241 e. The van der Waals surface area contributed by atoms with Crippen LogP contribution >= 0.6 is 0 Å². The fraction of sp³-hybridized carbons (Fsp3) is 0.750. The van der Waals surface area contributed by atoms with E-state index in [1.165, 1.54) is 18.2 Å². The van der Waals surface area contributed by atoms with E-state index in [4.69, 9.17) is 10.5 Å². The number of rotatable bonds is 8. The highest BCUT2D eigenvalue weighted by Gasteiger charge is 2.77. The van der Waals surface area contributed by atoms with Gasteiger partial charge in [0.15, 0.2) is 11.3 Å². The summed E-state index contributed by atoms with van der Waals surface area (Å²) in [7, 11) is 0.949. The van der Waals surface area contributed by atoms with Crippen LogP contribution in [0.3, 0.4) is 0 Å². The van der Waals surface area contributed by atoms with E-state index >= 15 is 22.0 Å². The smallest absolute Gasteiger partial charge is 0.241 e. The molecule has 0 amide bonds. The van der Waals surface area contributed by atoms with E-state index in [2.05, 4.69) is 6.58 Å². The Labute approximate surface area is 170 Å². The number of alkyl halides is 5. The molecule has 0 aliphatic rings. The zero-order valence-electron chi connectivity index (χ0n) is 18.1. The summed E-state index contributed by atoms with van der Waals surface area (Å²) in [5.41, 5.74) is -16.2. The molecule has 0 saturated carbocycles. The lowest BCUT2D eigenvalue weighted by atomic mass is 9.49. The minimum absolute atomic E-state index is 0.593. The fourth-order valence-electron chi connectivity index (χ4n) is 3.96. The van der Waals surface area contributed by atoms with E-state index in [9.17, 15) is 5.26 Å². The van der Waals surface area contributed by atoms with E-state index in [-0.39, 0.29) is 0 Å². The SMILES string of the molecule is BC(C(=C)C#N)C(F)(C(C)C(F)(F)C(C)(C)C#N)C(F)(C(C)(C)F)C(C)(C)C#N. The molecular weight excluding hydrogens is 388 g/mol. The monoisotopic (exact) mass is 415 g/mol. The van der Waals surface area contributed by atoms with Gasteiger partial charge < -0.3 is 0 Å². The first-order valence-electron chi connectivity index (χ1n) is 9.03. The number of allylic oxidation sites excluding steroid dienone is 1. The molecule has 0 radical (unpaired) electrons. The lowest BCUT2D eigenvalue weighted by Crippen LogP contribution is -2.72. The third-order valence-corrected chi connectivity index (χ3v) is 6.07. The van der Waals surface area contributed by atoms with E-state index in [0.29, 0.717) is 20.8 Å². The molecule has 0 N–H and O–H groups in total. The normalized spacial score (nSPS) is 19.5. The average molecular weight is 415 g/mol. The molecule has 0 spiro atoms. The van der Waals surface area contributed by atoms with Crippen LogP contribution < -0.4 is 0 Å². The Kier molecular flexibility index (Phi) is 7.09. The summed E-state index contributed by atoms with van der Waals surface area (Å²) >= 11 is 0. The van der Waals surface area contributed by atoms with Crippen LogP contribution in [0.1, 0.15) is 48.5 Å². The number of hydrogen-bond donors (Lipinski definition) is 0. The van der Waals surface area contributed by atoms with Gasteiger partial charge in [0.1, 0.15) is 18.9 Å². The van der Waals surface area contributed by atoms with E-state index < -0.39 is 51.1 Å². The van der Waals surface area contributed by atoms with Crippen LogP contribution in [0.5, 0.6) is 0 Å². The van der Waals surface area contributed by atoms with Crippen molar-refractivity contribution in [3.05, 3.63) is 12.2 Å². The van der Waals surface area contributed by atoms with Crippen LogP contribution in [-0.4, -0.2) is 30.8 Å². The van der Waals surface area contributed by atoms with Gasteiger partial charge in [-0.2, -0.15) is 15.8 Å². The highest BCUT2D eigenvalue weighted by molar-refractivity contribution is 6.15. The van der Waals surface area contributed by atoms with Crippen LogP contribution in [0.2, 0.25) is 5.82 Å². The molecule has 0 aromatic rings. The Hall–Kier alpha value is -2.08. The molecular formula is C20H27BF5N3. The quantitative estimate of drug-likeness (QED) is 0.317. The van der Waals surface area contributed by atoms with Gasteiger partial charge in [-0.15, -0.1) is 0 Å². The second kappa shape index (κ2) is 7.64. The molecule has 4 atom stereocenters. The Morgan fingerprint density at radius 1 is 0.862 bits per heavy atom. The first-order valence-corrected chi connectivity index (χ1v) is 9.03. The lowest BCUT2D eigenvalue weighted by molar-refractivity contribution is -0.244. The Morgan fingerprint density at radius 2 is 1.24 bits per heavy atom. The maximum atomic E-state index is 16.8. The zero-order valence-corrected chi connectivity index (χ0v) is 18.1. The lowest BCUT2D eigenvalue weighted by Gasteiger charge is -2.56. The standard InChI is InChI=1S/C20H27BF5N3/c1-12(9-27)14(21)18(23,13(2)19(24,25)15(3,4)10-28)20(26,17(7,8)22)16(5,6)11-29/h13-14H,1,21H2,2-8H3. The summed E-state index contributed by atoms with van der Waals surface area (Å²) in [4.78, 5) is 0. The van der Waals surface area contributed by atoms with E-state index in [1.54, 1.807) is 0 Å². The van der Waals surface area contributed by atoms with E-state index in [0.717, 1.165) is 35.5 Å². The molecule has 0 aliphatic heterocycles. The molecule has 0 rings (SSSR count). The van der Waals surface area contributed by atoms with Crippen molar-refractivity contribution in [2.45, 2.75) is 77.2 Å². The molecule has 29 heavy (non-hydrogen) atoms. The molecule has 0 aliphatic carbocycles. The van der Waals surface area contributed by atoms with Gasteiger partial charge in [0.2, 0.25) is 0 Å². The predicted molar refractivity (Wildman–Crippen MR) is 103 cm³/mol. The van der Waals surface area contributed by atoms with Gasteiger partial charge in [0.05, 0.1) is 29.5 Å². The van der Waals surface area contributed by atoms with Crippen molar-refractivity contribution < 1.29 is 22.0 Å². The van der Waals surface area contributed by atoms with Gasteiger partial charge in [0, 0.05) is 11.4 Å². The molecule has 0 heterocycles. The van der Waals surface area contributed by atoms with Crippen molar-refractivity contribution in [1.82, 2.24) is 0 Å².